The maximum absolute atomic E-state index is 6.45. The first-order valence-electron chi connectivity index (χ1n) is 7.57. The summed E-state index contributed by atoms with van der Waals surface area (Å²) in [4.78, 5) is 4.73. The first kappa shape index (κ1) is 13.8. The van der Waals surface area contributed by atoms with Crippen molar-refractivity contribution in [3.8, 4) is 5.75 Å². The number of rotatable bonds is 4. The lowest BCUT2D eigenvalue weighted by molar-refractivity contribution is 0.308. The SMILES string of the molecule is CCOc1ccc2nc(C(N)C3CCCCC3)sc2c1. The Balaban J connectivity index is 1.84. The molecule has 1 fully saturated rings. The van der Waals surface area contributed by atoms with Crippen molar-refractivity contribution in [2.45, 2.75) is 45.1 Å². The Morgan fingerprint density at radius 2 is 2.15 bits per heavy atom. The number of nitrogens with zero attached hydrogens (tertiary/aromatic N) is 1. The van der Waals surface area contributed by atoms with Crippen LogP contribution in [0.4, 0.5) is 0 Å². The molecule has 0 radical (unpaired) electrons. The molecule has 2 N–H and O–H groups in total. The lowest BCUT2D eigenvalue weighted by Gasteiger charge is -2.25. The van der Waals surface area contributed by atoms with Crippen LogP contribution in [0, 0.1) is 5.92 Å². The van der Waals surface area contributed by atoms with Crippen LogP contribution in [0.15, 0.2) is 18.2 Å². The van der Waals surface area contributed by atoms with E-state index in [0.29, 0.717) is 12.5 Å². The first-order chi connectivity index (χ1) is 9.78. The van der Waals surface area contributed by atoms with E-state index in [1.807, 2.05) is 19.1 Å². The van der Waals surface area contributed by atoms with Gasteiger partial charge >= 0.3 is 0 Å². The van der Waals surface area contributed by atoms with Gasteiger partial charge in [0.05, 0.1) is 22.9 Å². The average molecular weight is 290 g/mol. The molecule has 4 heteroatoms. The van der Waals surface area contributed by atoms with E-state index in [-0.39, 0.29) is 6.04 Å². The van der Waals surface area contributed by atoms with Gasteiger partial charge < -0.3 is 10.5 Å². The Morgan fingerprint density at radius 1 is 1.35 bits per heavy atom. The van der Waals surface area contributed by atoms with Gasteiger partial charge in [0, 0.05) is 0 Å². The van der Waals surface area contributed by atoms with Gasteiger partial charge in [-0.1, -0.05) is 19.3 Å². The molecule has 0 bridgehead atoms. The summed E-state index contributed by atoms with van der Waals surface area (Å²) >= 11 is 1.72. The van der Waals surface area contributed by atoms with E-state index < -0.39 is 0 Å². The van der Waals surface area contributed by atoms with Crippen molar-refractivity contribution in [2.75, 3.05) is 6.61 Å². The lowest BCUT2D eigenvalue weighted by Crippen LogP contribution is -2.23. The van der Waals surface area contributed by atoms with Crippen molar-refractivity contribution in [2.24, 2.45) is 11.7 Å². The number of ether oxygens (including phenoxy) is 1. The van der Waals surface area contributed by atoms with Crippen molar-refractivity contribution < 1.29 is 4.74 Å². The standard InChI is InChI=1S/C16H22N2OS/c1-2-19-12-8-9-13-14(10-12)20-16(18-13)15(17)11-6-4-3-5-7-11/h8-11,15H,2-7,17H2,1H3. The normalized spacial score (nSPS) is 18.3. The molecule has 1 aromatic carbocycles. The summed E-state index contributed by atoms with van der Waals surface area (Å²) in [6.45, 7) is 2.69. The third-order valence-corrected chi connectivity index (χ3v) is 5.25. The van der Waals surface area contributed by atoms with Gasteiger partial charge in [0.15, 0.2) is 0 Å². The molecule has 1 heterocycles. The highest BCUT2D eigenvalue weighted by atomic mass is 32.1. The van der Waals surface area contributed by atoms with Gasteiger partial charge in [0.1, 0.15) is 10.8 Å². The fraction of sp³-hybridized carbons (Fsp3) is 0.562. The molecular formula is C16H22N2OS. The average Bonchev–Trinajstić information content (AvgIpc) is 2.91. The third-order valence-electron chi connectivity index (χ3n) is 4.13. The summed E-state index contributed by atoms with van der Waals surface area (Å²) < 4.78 is 6.73. The van der Waals surface area contributed by atoms with Crippen LogP contribution in [0.2, 0.25) is 0 Å². The van der Waals surface area contributed by atoms with E-state index >= 15 is 0 Å². The molecular weight excluding hydrogens is 268 g/mol. The Morgan fingerprint density at radius 3 is 2.90 bits per heavy atom. The molecule has 0 amide bonds. The van der Waals surface area contributed by atoms with Crippen molar-refractivity contribution in [1.29, 1.82) is 0 Å². The van der Waals surface area contributed by atoms with E-state index in [1.165, 1.54) is 36.8 Å². The Kier molecular flexibility index (Phi) is 4.22. The van der Waals surface area contributed by atoms with E-state index in [1.54, 1.807) is 11.3 Å². The summed E-state index contributed by atoms with van der Waals surface area (Å²) in [5.41, 5.74) is 7.49. The van der Waals surface area contributed by atoms with Gasteiger partial charge in [-0.25, -0.2) is 4.98 Å². The molecule has 1 aliphatic rings. The van der Waals surface area contributed by atoms with E-state index in [4.69, 9.17) is 15.5 Å². The number of fused-ring (bicyclic) bond motifs is 1. The maximum Gasteiger partial charge on any atom is 0.120 e. The zero-order valence-corrected chi connectivity index (χ0v) is 12.8. The van der Waals surface area contributed by atoms with Crippen LogP contribution in [0.5, 0.6) is 5.75 Å². The van der Waals surface area contributed by atoms with Crippen molar-refractivity contribution >= 4 is 21.6 Å². The van der Waals surface area contributed by atoms with E-state index in [2.05, 4.69) is 6.07 Å². The second-order valence-corrected chi connectivity index (χ2v) is 6.60. The maximum atomic E-state index is 6.45. The van der Waals surface area contributed by atoms with Gasteiger partial charge in [-0.15, -0.1) is 11.3 Å². The molecule has 0 saturated heterocycles. The zero-order valence-electron chi connectivity index (χ0n) is 12.0. The highest BCUT2D eigenvalue weighted by Gasteiger charge is 2.24. The smallest absolute Gasteiger partial charge is 0.120 e. The lowest BCUT2D eigenvalue weighted by atomic mass is 9.84. The Hall–Kier alpha value is -1.13. The molecule has 1 unspecified atom stereocenters. The minimum atomic E-state index is 0.100. The van der Waals surface area contributed by atoms with Gasteiger partial charge in [-0.3, -0.25) is 0 Å². The summed E-state index contributed by atoms with van der Waals surface area (Å²) in [5.74, 6) is 1.53. The molecule has 3 rings (SSSR count). The second-order valence-electron chi connectivity index (χ2n) is 5.54. The predicted octanol–water partition coefficient (Wildman–Crippen LogP) is 4.28. The van der Waals surface area contributed by atoms with Crippen molar-refractivity contribution in [1.82, 2.24) is 4.98 Å². The van der Waals surface area contributed by atoms with Gasteiger partial charge in [0.25, 0.3) is 0 Å². The number of hydrogen-bond acceptors (Lipinski definition) is 4. The zero-order chi connectivity index (χ0) is 13.9. The van der Waals surface area contributed by atoms with Crippen LogP contribution in [0.25, 0.3) is 10.2 Å². The van der Waals surface area contributed by atoms with Gasteiger partial charge in [-0.2, -0.15) is 0 Å². The summed E-state index contributed by atoms with van der Waals surface area (Å²) in [5, 5.41) is 1.08. The van der Waals surface area contributed by atoms with Crippen molar-refractivity contribution in [3.05, 3.63) is 23.2 Å². The van der Waals surface area contributed by atoms with Gasteiger partial charge in [-0.05, 0) is 43.9 Å². The molecule has 1 atom stereocenters. The Bertz CT molecular complexity index is 575. The summed E-state index contributed by atoms with van der Waals surface area (Å²) in [6, 6.07) is 6.20. The van der Waals surface area contributed by atoms with Crippen LogP contribution < -0.4 is 10.5 Å². The van der Waals surface area contributed by atoms with Crippen molar-refractivity contribution in [3.63, 3.8) is 0 Å². The highest BCUT2D eigenvalue weighted by Crippen LogP contribution is 2.36. The van der Waals surface area contributed by atoms with Crippen LogP contribution in [0.3, 0.4) is 0 Å². The number of nitrogens with two attached hydrogens (primary N) is 1. The summed E-state index contributed by atoms with van der Waals surface area (Å²) in [6.07, 6.45) is 6.50. The minimum absolute atomic E-state index is 0.100. The van der Waals surface area contributed by atoms with Crippen LogP contribution in [0.1, 0.15) is 50.1 Å². The number of benzene rings is 1. The Labute approximate surface area is 124 Å². The summed E-state index contributed by atoms with van der Waals surface area (Å²) in [7, 11) is 0. The molecule has 108 valence electrons. The van der Waals surface area contributed by atoms with Crippen LogP contribution in [-0.2, 0) is 0 Å². The molecule has 1 aliphatic carbocycles. The topological polar surface area (TPSA) is 48.1 Å². The fourth-order valence-electron chi connectivity index (χ4n) is 3.02. The number of thiazole rings is 1. The first-order valence-corrected chi connectivity index (χ1v) is 8.38. The monoisotopic (exact) mass is 290 g/mol. The molecule has 1 saturated carbocycles. The van der Waals surface area contributed by atoms with Gasteiger partial charge in [0.2, 0.25) is 0 Å². The number of aromatic nitrogens is 1. The fourth-order valence-corrected chi connectivity index (χ4v) is 4.11. The second kappa shape index (κ2) is 6.10. The van der Waals surface area contributed by atoms with Crippen LogP contribution >= 0.6 is 11.3 Å². The highest BCUT2D eigenvalue weighted by molar-refractivity contribution is 7.18. The molecule has 3 nitrogen and oxygen atoms in total. The quantitative estimate of drug-likeness (QED) is 0.914. The largest absolute Gasteiger partial charge is 0.494 e. The third kappa shape index (κ3) is 2.81. The van der Waals surface area contributed by atoms with Crippen LogP contribution in [-0.4, -0.2) is 11.6 Å². The molecule has 0 spiro atoms. The molecule has 1 aromatic heterocycles. The van der Waals surface area contributed by atoms with E-state index in [9.17, 15) is 0 Å². The molecule has 0 aliphatic heterocycles. The molecule has 20 heavy (non-hydrogen) atoms. The minimum Gasteiger partial charge on any atom is -0.494 e. The molecule has 2 aromatic rings. The number of hydrogen-bond donors (Lipinski definition) is 1. The predicted molar refractivity (Wildman–Crippen MR) is 84.3 cm³/mol. The van der Waals surface area contributed by atoms with E-state index in [0.717, 1.165) is 16.3 Å².